The number of nitrogens with zero attached hydrogens (tertiary/aromatic N) is 4. The third-order valence-corrected chi connectivity index (χ3v) is 6.33. The molecule has 7 heteroatoms. The highest BCUT2D eigenvalue weighted by Gasteiger charge is 2.36. The summed E-state index contributed by atoms with van der Waals surface area (Å²) in [5, 5.41) is 6.80. The van der Waals surface area contributed by atoms with Crippen LogP contribution in [0, 0.1) is 12.8 Å². The average molecular weight is 426 g/mol. The molecule has 7 nitrogen and oxygen atoms in total. The van der Waals surface area contributed by atoms with E-state index >= 15 is 0 Å². The molecule has 0 spiro atoms. The number of amides is 2. The van der Waals surface area contributed by atoms with E-state index in [1.54, 1.807) is 0 Å². The zero-order chi connectivity index (χ0) is 22.6. The molecule has 2 atom stereocenters. The van der Waals surface area contributed by atoms with E-state index in [0.29, 0.717) is 12.3 Å². The molecule has 0 saturated heterocycles. The van der Waals surface area contributed by atoms with Crippen molar-refractivity contribution in [2.75, 3.05) is 11.4 Å². The minimum atomic E-state index is -0.797. The fourth-order valence-corrected chi connectivity index (χ4v) is 5.00. The van der Waals surface area contributed by atoms with Crippen LogP contribution < -0.4 is 10.2 Å². The van der Waals surface area contributed by atoms with Gasteiger partial charge in [-0.1, -0.05) is 49.4 Å². The molecule has 3 rings (SSSR count). The van der Waals surface area contributed by atoms with Crippen LogP contribution in [0.15, 0.2) is 23.3 Å². The Kier molecular flexibility index (Phi) is 7.26. The highest BCUT2D eigenvalue weighted by atomic mass is 16.2. The van der Waals surface area contributed by atoms with Crippen molar-refractivity contribution in [2.24, 2.45) is 11.0 Å². The van der Waals surface area contributed by atoms with Crippen LogP contribution in [0.4, 0.5) is 5.69 Å². The molecule has 1 heterocycles. The van der Waals surface area contributed by atoms with Crippen LogP contribution in [0.3, 0.4) is 0 Å². The van der Waals surface area contributed by atoms with Crippen molar-refractivity contribution in [2.45, 2.75) is 90.1 Å². The first kappa shape index (κ1) is 23.1. The topological polar surface area (TPSA) is 98.2 Å². The SMILES string of the molecule is Cc1ccc2c(c1)N(CC(=O)NC(C)(C)C)C(=O)C(N=[N+]=[N-])CC2CC1CCCCC1. The number of anilines is 1. The molecule has 0 aromatic heterocycles. The van der Waals surface area contributed by atoms with Gasteiger partial charge in [0.1, 0.15) is 12.6 Å². The van der Waals surface area contributed by atoms with E-state index < -0.39 is 11.6 Å². The van der Waals surface area contributed by atoms with Crippen LogP contribution in [0.5, 0.6) is 0 Å². The molecule has 1 aromatic carbocycles. The third-order valence-electron chi connectivity index (χ3n) is 6.33. The van der Waals surface area contributed by atoms with Gasteiger partial charge in [0.25, 0.3) is 0 Å². The van der Waals surface area contributed by atoms with Crippen LogP contribution in [-0.4, -0.2) is 29.9 Å². The lowest BCUT2D eigenvalue weighted by Gasteiger charge is -2.28. The zero-order valence-corrected chi connectivity index (χ0v) is 19.2. The van der Waals surface area contributed by atoms with E-state index in [4.69, 9.17) is 5.53 Å². The van der Waals surface area contributed by atoms with Gasteiger partial charge in [-0.05, 0) is 75.1 Å². The Morgan fingerprint density at radius 1 is 1.26 bits per heavy atom. The van der Waals surface area contributed by atoms with Crippen LogP contribution >= 0.6 is 0 Å². The molecule has 1 aliphatic carbocycles. The first-order chi connectivity index (χ1) is 14.7. The summed E-state index contributed by atoms with van der Waals surface area (Å²) in [6.07, 6.45) is 7.74. The highest BCUT2D eigenvalue weighted by Crippen LogP contribution is 2.42. The second kappa shape index (κ2) is 9.73. The first-order valence-electron chi connectivity index (χ1n) is 11.4. The van der Waals surface area contributed by atoms with E-state index in [1.807, 2.05) is 33.8 Å². The van der Waals surface area contributed by atoms with Gasteiger partial charge < -0.3 is 10.2 Å². The molecule has 1 fully saturated rings. The van der Waals surface area contributed by atoms with Gasteiger partial charge >= 0.3 is 0 Å². The second-order valence-corrected chi connectivity index (χ2v) is 10.2. The maximum absolute atomic E-state index is 13.4. The largest absolute Gasteiger partial charge is 0.350 e. The summed E-state index contributed by atoms with van der Waals surface area (Å²) in [5.74, 6) is 0.248. The number of rotatable bonds is 5. The smallest absolute Gasteiger partial charge is 0.240 e. The monoisotopic (exact) mass is 425 g/mol. The Labute approximate surface area is 185 Å². The maximum Gasteiger partial charge on any atom is 0.240 e. The molecule has 1 aliphatic heterocycles. The second-order valence-electron chi connectivity index (χ2n) is 10.2. The minimum absolute atomic E-state index is 0.0832. The van der Waals surface area contributed by atoms with E-state index in [9.17, 15) is 9.59 Å². The molecule has 1 N–H and O–H groups in total. The fraction of sp³-hybridized carbons (Fsp3) is 0.667. The van der Waals surface area contributed by atoms with Crippen molar-refractivity contribution in [3.8, 4) is 0 Å². The Bertz CT molecular complexity index is 863. The molecule has 0 radical (unpaired) electrons. The number of carbonyl (C=O) groups is 2. The molecule has 1 aromatic rings. The van der Waals surface area contributed by atoms with Crippen molar-refractivity contribution in [3.63, 3.8) is 0 Å². The summed E-state index contributed by atoms with van der Waals surface area (Å²) >= 11 is 0. The summed E-state index contributed by atoms with van der Waals surface area (Å²) in [6, 6.07) is 5.36. The van der Waals surface area contributed by atoms with Crippen molar-refractivity contribution in [3.05, 3.63) is 39.8 Å². The van der Waals surface area contributed by atoms with Gasteiger partial charge in [0.15, 0.2) is 0 Å². The molecule has 2 unspecified atom stereocenters. The predicted molar refractivity (Wildman–Crippen MR) is 123 cm³/mol. The maximum atomic E-state index is 13.4. The quantitative estimate of drug-likeness (QED) is 0.389. The first-order valence-corrected chi connectivity index (χ1v) is 11.4. The van der Waals surface area contributed by atoms with E-state index in [-0.39, 0.29) is 24.3 Å². The van der Waals surface area contributed by atoms with Gasteiger partial charge in [-0.2, -0.15) is 0 Å². The molecule has 2 amide bonds. The number of fused-ring (bicyclic) bond motifs is 1. The number of azide groups is 1. The lowest BCUT2D eigenvalue weighted by molar-refractivity contribution is -0.125. The number of hydrogen-bond acceptors (Lipinski definition) is 3. The number of nitrogens with one attached hydrogen (secondary N) is 1. The van der Waals surface area contributed by atoms with Crippen molar-refractivity contribution in [1.29, 1.82) is 0 Å². The molecular weight excluding hydrogens is 390 g/mol. The van der Waals surface area contributed by atoms with Crippen molar-refractivity contribution in [1.82, 2.24) is 5.32 Å². The van der Waals surface area contributed by atoms with Crippen molar-refractivity contribution < 1.29 is 9.59 Å². The summed E-state index contributed by atoms with van der Waals surface area (Å²) < 4.78 is 0. The lowest BCUT2D eigenvalue weighted by atomic mass is 9.78. The van der Waals surface area contributed by atoms with E-state index in [0.717, 1.165) is 23.2 Å². The summed E-state index contributed by atoms with van der Waals surface area (Å²) in [7, 11) is 0. The normalized spacial score (nSPS) is 22.3. The van der Waals surface area contributed by atoms with Crippen LogP contribution in [0.2, 0.25) is 0 Å². The lowest BCUT2D eigenvalue weighted by Crippen LogP contribution is -2.49. The van der Waals surface area contributed by atoms with Crippen molar-refractivity contribution >= 4 is 17.5 Å². The Morgan fingerprint density at radius 3 is 2.61 bits per heavy atom. The minimum Gasteiger partial charge on any atom is -0.350 e. The zero-order valence-electron chi connectivity index (χ0n) is 19.2. The predicted octanol–water partition coefficient (Wildman–Crippen LogP) is 5.38. The molecule has 1 saturated carbocycles. The van der Waals surface area contributed by atoms with Crippen LogP contribution in [-0.2, 0) is 9.59 Å². The number of hydrogen-bond donors (Lipinski definition) is 1. The van der Waals surface area contributed by atoms with Gasteiger partial charge in [0, 0.05) is 16.1 Å². The number of carbonyl (C=O) groups excluding carboxylic acids is 2. The van der Waals surface area contributed by atoms with Gasteiger partial charge in [0.2, 0.25) is 11.8 Å². The summed E-state index contributed by atoms with van der Waals surface area (Å²) in [5.41, 5.74) is 11.6. The molecule has 31 heavy (non-hydrogen) atoms. The van der Waals surface area contributed by atoms with Gasteiger partial charge in [0.05, 0.1) is 0 Å². The third kappa shape index (κ3) is 6.01. The molecule has 0 bridgehead atoms. The highest BCUT2D eigenvalue weighted by molar-refractivity contribution is 6.03. The number of benzene rings is 1. The van der Waals surface area contributed by atoms with Gasteiger partial charge in [-0.25, -0.2) is 0 Å². The Balaban J connectivity index is 1.98. The van der Waals surface area contributed by atoms with Gasteiger partial charge in [-0.15, -0.1) is 0 Å². The van der Waals surface area contributed by atoms with Crippen LogP contribution in [0.1, 0.15) is 82.8 Å². The summed E-state index contributed by atoms with van der Waals surface area (Å²) in [6.45, 7) is 7.65. The van der Waals surface area contributed by atoms with E-state index in [2.05, 4.69) is 27.5 Å². The average Bonchev–Trinajstić information content (AvgIpc) is 2.78. The fourth-order valence-electron chi connectivity index (χ4n) is 5.00. The summed E-state index contributed by atoms with van der Waals surface area (Å²) in [4.78, 5) is 30.7. The Morgan fingerprint density at radius 2 is 1.97 bits per heavy atom. The Hall–Kier alpha value is -2.53. The van der Waals surface area contributed by atoms with Crippen LogP contribution in [0.25, 0.3) is 10.4 Å². The standard InChI is InChI=1S/C24H35N5O2/c1-16-10-11-19-18(13-17-8-6-5-7-9-17)14-20(27-28-25)23(31)29(21(19)12-16)15-22(30)26-24(2,3)4/h10-12,17-18,20H,5-9,13-15H2,1-4H3,(H,26,30). The van der Waals surface area contributed by atoms with E-state index in [1.165, 1.54) is 37.0 Å². The van der Waals surface area contributed by atoms with Gasteiger partial charge in [-0.3, -0.25) is 9.59 Å². The molecule has 2 aliphatic rings. The molecular formula is C24H35N5O2. The number of aryl methyl sites for hydroxylation is 1. The molecule has 168 valence electrons.